The molecular formula is C9H9NO2S. The van der Waals surface area contributed by atoms with Crippen molar-refractivity contribution < 1.29 is 8.76 Å². The van der Waals surface area contributed by atoms with Crippen LogP contribution in [0.5, 0.6) is 0 Å². The first kappa shape index (κ1) is 8.47. The maximum Gasteiger partial charge on any atom is 0.157 e. The summed E-state index contributed by atoms with van der Waals surface area (Å²) in [7, 11) is 0. The van der Waals surface area contributed by atoms with Crippen LogP contribution in [0.1, 0.15) is 5.56 Å². The smallest absolute Gasteiger partial charge is 0.157 e. The largest absolute Gasteiger partial charge is 0.361 e. The van der Waals surface area contributed by atoms with Gasteiger partial charge in [-0.1, -0.05) is 12.1 Å². The molecule has 0 aliphatic carbocycles. The van der Waals surface area contributed by atoms with Crippen molar-refractivity contribution in [3.05, 3.63) is 36.0 Å². The maximum absolute atomic E-state index is 10.5. The summed E-state index contributed by atoms with van der Waals surface area (Å²) >= 11 is -1.76. The summed E-state index contributed by atoms with van der Waals surface area (Å²) in [4.78, 5) is 3.05. The van der Waals surface area contributed by atoms with Gasteiger partial charge in [0.2, 0.25) is 0 Å². The molecule has 1 unspecified atom stereocenters. The van der Waals surface area contributed by atoms with Gasteiger partial charge in [0.15, 0.2) is 11.1 Å². The fourth-order valence-electron chi connectivity index (χ4n) is 1.33. The minimum absolute atomic E-state index is 0.189. The van der Waals surface area contributed by atoms with Crippen LogP contribution in [0.15, 0.2) is 30.5 Å². The Labute approximate surface area is 78.1 Å². The van der Waals surface area contributed by atoms with Crippen molar-refractivity contribution in [2.75, 3.05) is 0 Å². The summed E-state index contributed by atoms with van der Waals surface area (Å²) in [5, 5.41) is 1.12. The van der Waals surface area contributed by atoms with Crippen LogP contribution in [0.25, 0.3) is 10.9 Å². The number of hydrogen-bond acceptors (Lipinski definition) is 1. The molecule has 2 aromatic rings. The molecule has 4 heteroatoms. The molecule has 0 aliphatic rings. The van der Waals surface area contributed by atoms with Crippen LogP contribution in [0, 0.1) is 0 Å². The van der Waals surface area contributed by atoms with E-state index in [1.165, 1.54) is 0 Å². The highest BCUT2D eigenvalue weighted by molar-refractivity contribution is 7.78. The summed E-state index contributed by atoms with van der Waals surface area (Å²) in [6.07, 6.45) is 1.85. The first-order chi connectivity index (χ1) is 6.25. The SMILES string of the molecule is O=S(O)Cc1ccc2cc[nH]c2c1. The van der Waals surface area contributed by atoms with Crippen LogP contribution in [0.2, 0.25) is 0 Å². The van der Waals surface area contributed by atoms with Crippen molar-refractivity contribution in [3.63, 3.8) is 0 Å². The van der Waals surface area contributed by atoms with E-state index >= 15 is 0 Å². The maximum atomic E-state index is 10.5. The molecule has 13 heavy (non-hydrogen) atoms. The second-order valence-corrected chi connectivity index (χ2v) is 3.80. The van der Waals surface area contributed by atoms with E-state index in [4.69, 9.17) is 4.55 Å². The third-order valence-corrected chi connectivity index (χ3v) is 2.49. The van der Waals surface area contributed by atoms with Crippen molar-refractivity contribution in [2.45, 2.75) is 5.75 Å². The molecule has 1 aromatic heterocycles. The summed E-state index contributed by atoms with van der Waals surface area (Å²) in [6, 6.07) is 7.66. The predicted molar refractivity (Wildman–Crippen MR) is 52.8 cm³/mol. The van der Waals surface area contributed by atoms with Gasteiger partial charge in [-0.25, -0.2) is 4.21 Å². The van der Waals surface area contributed by atoms with Gasteiger partial charge in [-0.05, 0) is 23.1 Å². The topological polar surface area (TPSA) is 53.1 Å². The number of nitrogens with one attached hydrogen (secondary N) is 1. The highest BCUT2D eigenvalue weighted by atomic mass is 32.2. The van der Waals surface area contributed by atoms with E-state index in [1.54, 1.807) is 0 Å². The lowest BCUT2D eigenvalue weighted by Gasteiger charge is -1.97. The average molecular weight is 195 g/mol. The van der Waals surface area contributed by atoms with Gasteiger partial charge in [-0.15, -0.1) is 0 Å². The number of benzene rings is 1. The van der Waals surface area contributed by atoms with Crippen LogP contribution >= 0.6 is 0 Å². The fourth-order valence-corrected chi connectivity index (χ4v) is 1.79. The lowest BCUT2D eigenvalue weighted by atomic mass is 10.2. The standard InChI is InChI=1S/C9H9NO2S/c11-13(12)6-7-1-2-8-3-4-10-9(8)5-7/h1-5,10H,6H2,(H,11,12). The lowest BCUT2D eigenvalue weighted by molar-refractivity contribution is 0.563. The molecule has 0 radical (unpaired) electrons. The van der Waals surface area contributed by atoms with Crippen molar-refractivity contribution in [3.8, 4) is 0 Å². The summed E-state index contributed by atoms with van der Waals surface area (Å²) < 4.78 is 19.2. The molecule has 0 aliphatic heterocycles. The number of aromatic nitrogens is 1. The molecular weight excluding hydrogens is 186 g/mol. The molecule has 0 bridgehead atoms. The van der Waals surface area contributed by atoms with E-state index in [2.05, 4.69) is 4.98 Å². The van der Waals surface area contributed by atoms with Gasteiger partial charge in [-0.3, -0.25) is 0 Å². The molecule has 0 saturated carbocycles. The Morgan fingerprint density at radius 3 is 3.00 bits per heavy atom. The molecule has 0 amide bonds. The van der Waals surface area contributed by atoms with E-state index in [-0.39, 0.29) is 5.75 Å². The van der Waals surface area contributed by atoms with Gasteiger partial charge < -0.3 is 9.54 Å². The Hall–Kier alpha value is -1.13. The minimum atomic E-state index is -1.76. The van der Waals surface area contributed by atoms with Crippen molar-refractivity contribution in [1.29, 1.82) is 0 Å². The van der Waals surface area contributed by atoms with Gasteiger partial charge >= 0.3 is 0 Å². The molecule has 2 rings (SSSR count). The van der Waals surface area contributed by atoms with Crippen LogP contribution in [0.4, 0.5) is 0 Å². The molecule has 68 valence electrons. The van der Waals surface area contributed by atoms with Crippen LogP contribution in [0.3, 0.4) is 0 Å². The Kier molecular flexibility index (Phi) is 2.16. The van der Waals surface area contributed by atoms with Gasteiger partial charge in [0, 0.05) is 11.7 Å². The van der Waals surface area contributed by atoms with E-state index < -0.39 is 11.1 Å². The monoisotopic (exact) mass is 195 g/mol. The van der Waals surface area contributed by atoms with E-state index in [1.807, 2.05) is 30.5 Å². The normalized spacial score (nSPS) is 13.3. The third-order valence-electron chi connectivity index (χ3n) is 1.91. The van der Waals surface area contributed by atoms with Crippen LogP contribution < -0.4 is 0 Å². The quantitative estimate of drug-likeness (QED) is 0.719. The van der Waals surface area contributed by atoms with Crippen molar-refractivity contribution in [2.24, 2.45) is 0 Å². The minimum Gasteiger partial charge on any atom is -0.361 e. The zero-order valence-electron chi connectivity index (χ0n) is 6.86. The van der Waals surface area contributed by atoms with Gasteiger partial charge in [-0.2, -0.15) is 0 Å². The Morgan fingerprint density at radius 1 is 1.38 bits per heavy atom. The number of fused-ring (bicyclic) bond motifs is 1. The van der Waals surface area contributed by atoms with Gasteiger partial charge in [0.25, 0.3) is 0 Å². The first-order valence-corrected chi connectivity index (χ1v) is 5.17. The van der Waals surface area contributed by atoms with E-state index in [0.717, 1.165) is 16.5 Å². The van der Waals surface area contributed by atoms with Crippen LogP contribution in [-0.4, -0.2) is 13.7 Å². The highest BCUT2D eigenvalue weighted by Crippen LogP contribution is 2.14. The predicted octanol–water partition coefficient (Wildman–Crippen LogP) is 1.89. The van der Waals surface area contributed by atoms with Crippen LogP contribution in [-0.2, 0) is 16.8 Å². The second kappa shape index (κ2) is 3.32. The third kappa shape index (κ3) is 1.79. The second-order valence-electron chi connectivity index (χ2n) is 2.87. The molecule has 3 nitrogen and oxygen atoms in total. The summed E-state index contributed by atoms with van der Waals surface area (Å²) in [5.74, 6) is 0.189. The average Bonchev–Trinajstić information content (AvgIpc) is 2.49. The highest BCUT2D eigenvalue weighted by Gasteiger charge is 1.99. The lowest BCUT2D eigenvalue weighted by Crippen LogP contribution is -1.92. The zero-order valence-corrected chi connectivity index (χ0v) is 7.67. The molecule has 0 fully saturated rings. The molecule has 0 spiro atoms. The Balaban J connectivity index is 2.42. The fraction of sp³-hybridized carbons (Fsp3) is 0.111. The molecule has 0 saturated heterocycles. The summed E-state index contributed by atoms with van der Waals surface area (Å²) in [6.45, 7) is 0. The van der Waals surface area contributed by atoms with E-state index in [0.29, 0.717) is 0 Å². The molecule has 1 aromatic carbocycles. The molecule has 1 heterocycles. The number of rotatable bonds is 2. The molecule has 1 atom stereocenters. The Morgan fingerprint density at radius 2 is 2.23 bits per heavy atom. The van der Waals surface area contributed by atoms with Gasteiger partial charge in [0.05, 0.1) is 5.75 Å². The summed E-state index contributed by atoms with van der Waals surface area (Å²) in [5.41, 5.74) is 1.87. The number of hydrogen-bond donors (Lipinski definition) is 2. The number of H-pyrrole nitrogens is 1. The zero-order chi connectivity index (χ0) is 9.26. The van der Waals surface area contributed by atoms with Gasteiger partial charge in [0.1, 0.15) is 0 Å². The number of aromatic amines is 1. The van der Waals surface area contributed by atoms with Crippen molar-refractivity contribution in [1.82, 2.24) is 4.98 Å². The molecule has 2 N–H and O–H groups in total. The van der Waals surface area contributed by atoms with Crippen molar-refractivity contribution >= 4 is 22.0 Å². The van der Waals surface area contributed by atoms with E-state index in [9.17, 15) is 4.21 Å². The Bertz CT molecular complexity index is 450. The first-order valence-electron chi connectivity index (χ1n) is 3.89.